The number of hydrogen-bond acceptors (Lipinski definition) is 5. The van der Waals surface area contributed by atoms with E-state index >= 15 is 0 Å². The van der Waals surface area contributed by atoms with E-state index in [9.17, 15) is 9.90 Å². The smallest absolute Gasteiger partial charge is 0.259 e. The van der Waals surface area contributed by atoms with Crippen molar-refractivity contribution in [2.45, 2.75) is 19.9 Å². The second kappa shape index (κ2) is 4.13. The Morgan fingerprint density at radius 3 is 2.94 bits per heavy atom. The first-order valence-corrected chi connectivity index (χ1v) is 5.37. The van der Waals surface area contributed by atoms with Crippen molar-refractivity contribution in [2.24, 2.45) is 0 Å². The van der Waals surface area contributed by atoms with Crippen molar-refractivity contribution in [3.8, 4) is 5.88 Å². The lowest BCUT2D eigenvalue weighted by atomic mass is 10.2. The van der Waals surface area contributed by atoms with Gasteiger partial charge in [-0.15, -0.1) is 0 Å². The Morgan fingerprint density at radius 1 is 1.56 bits per heavy atom. The number of aromatic nitrogens is 2. The molecule has 1 aliphatic rings. The van der Waals surface area contributed by atoms with Crippen molar-refractivity contribution in [1.82, 2.24) is 15.3 Å². The van der Waals surface area contributed by atoms with E-state index in [1.54, 1.807) is 6.92 Å². The molecule has 6 heteroatoms. The predicted molar refractivity (Wildman–Crippen MR) is 60.9 cm³/mol. The first kappa shape index (κ1) is 10.9. The number of nitrogens with zero attached hydrogens (tertiary/aromatic N) is 2. The fraction of sp³-hybridized carbons (Fsp3) is 0.600. The normalized spacial score (nSPS) is 21.1. The molecule has 1 atom stereocenters. The maximum atomic E-state index is 11.5. The zero-order valence-corrected chi connectivity index (χ0v) is 9.45. The van der Waals surface area contributed by atoms with Gasteiger partial charge in [0.05, 0.1) is 5.56 Å². The number of nitrogens with one attached hydrogen (secondary N) is 2. The van der Waals surface area contributed by atoms with Crippen LogP contribution in [0.4, 0.5) is 5.95 Å². The lowest BCUT2D eigenvalue weighted by Crippen LogP contribution is -2.50. The van der Waals surface area contributed by atoms with Crippen LogP contribution in [-0.4, -0.2) is 40.8 Å². The van der Waals surface area contributed by atoms with E-state index in [-0.39, 0.29) is 23.0 Å². The zero-order chi connectivity index (χ0) is 11.7. The van der Waals surface area contributed by atoms with E-state index in [2.05, 4.69) is 15.3 Å². The lowest BCUT2D eigenvalue weighted by Gasteiger charge is -2.34. The summed E-state index contributed by atoms with van der Waals surface area (Å²) in [5.74, 6) is 0.256. The Hall–Kier alpha value is -1.56. The summed E-state index contributed by atoms with van der Waals surface area (Å²) in [5.41, 5.74) is -0.0280. The topological polar surface area (TPSA) is 81.2 Å². The van der Waals surface area contributed by atoms with Crippen LogP contribution >= 0.6 is 0 Å². The van der Waals surface area contributed by atoms with Gasteiger partial charge >= 0.3 is 0 Å². The number of aromatic amines is 1. The highest BCUT2D eigenvalue weighted by Gasteiger charge is 2.21. The molecule has 3 N–H and O–H groups in total. The van der Waals surface area contributed by atoms with E-state index < -0.39 is 0 Å². The molecule has 2 heterocycles. The van der Waals surface area contributed by atoms with E-state index in [0.29, 0.717) is 5.95 Å². The number of H-pyrrole nitrogens is 1. The number of aromatic hydroxyl groups is 1. The molecule has 0 radical (unpaired) electrons. The van der Waals surface area contributed by atoms with Crippen molar-refractivity contribution in [1.29, 1.82) is 0 Å². The van der Waals surface area contributed by atoms with Gasteiger partial charge in [0, 0.05) is 25.7 Å². The molecule has 1 saturated heterocycles. The number of anilines is 1. The van der Waals surface area contributed by atoms with Crippen LogP contribution in [0.25, 0.3) is 0 Å². The largest absolute Gasteiger partial charge is 0.493 e. The van der Waals surface area contributed by atoms with Gasteiger partial charge in [-0.25, -0.2) is 0 Å². The first-order chi connectivity index (χ1) is 7.59. The average molecular weight is 224 g/mol. The van der Waals surface area contributed by atoms with Gasteiger partial charge in [-0.1, -0.05) is 0 Å². The van der Waals surface area contributed by atoms with Gasteiger partial charge in [0.15, 0.2) is 0 Å². The van der Waals surface area contributed by atoms with Crippen molar-refractivity contribution < 1.29 is 5.11 Å². The monoisotopic (exact) mass is 224 g/mol. The van der Waals surface area contributed by atoms with E-state index in [1.165, 1.54) is 0 Å². The van der Waals surface area contributed by atoms with Crippen molar-refractivity contribution in [3.05, 3.63) is 15.9 Å². The Kier molecular flexibility index (Phi) is 2.82. The highest BCUT2D eigenvalue weighted by atomic mass is 16.3. The molecule has 0 bridgehead atoms. The van der Waals surface area contributed by atoms with Crippen LogP contribution in [-0.2, 0) is 0 Å². The van der Waals surface area contributed by atoms with Crippen molar-refractivity contribution in [3.63, 3.8) is 0 Å². The predicted octanol–water partition coefficient (Wildman–Crippen LogP) is -0.418. The van der Waals surface area contributed by atoms with Crippen LogP contribution in [0.5, 0.6) is 5.88 Å². The Labute approximate surface area is 93.3 Å². The molecule has 1 fully saturated rings. The van der Waals surface area contributed by atoms with Gasteiger partial charge in [0.2, 0.25) is 11.8 Å². The first-order valence-electron chi connectivity index (χ1n) is 5.37. The molecule has 88 valence electrons. The molecule has 0 aromatic carbocycles. The van der Waals surface area contributed by atoms with Gasteiger partial charge in [-0.05, 0) is 13.8 Å². The fourth-order valence-electron chi connectivity index (χ4n) is 1.80. The Bertz CT molecular complexity index is 443. The summed E-state index contributed by atoms with van der Waals surface area (Å²) in [6, 6.07) is 0.249. The van der Waals surface area contributed by atoms with Crippen LogP contribution in [0.15, 0.2) is 4.79 Å². The summed E-state index contributed by atoms with van der Waals surface area (Å²) in [6.07, 6.45) is 0. The van der Waals surface area contributed by atoms with E-state index in [4.69, 9.17) is 0 Å². The molecule has 0 saturated carbocycles. The average Bonchev–Trinajstić information content (AvgIpc) is 2.26. The molecule has 16 heavy (non-hydrogen) atoms. The lowest BCUT2D eigenvalue weighted by molar-refractivity contribution is 0.439. The maximum absolute atomic E-state index is 11.5. The summed E-state index contributed by atoms with van der Waals surface area (Å²) in [7, 11) is 0. The van der Waals surface area contributed by atoms with Gasteiger partial charge < -0.3 is 15.3 Å². The van der Waals surface area contributed by atoms with Gasteiger partial charge in [-0.3, -0.25) is 9.78 Å². The molecule has 6 nitrogen and oxygen atoms in total. The molecular weight excluding hydrogens is 208 g/mol. The van der Waals surface area contributed by atoms with Crippen molar-refractivity contribution in [2.75, 3.05) is 24.5 Å². The molecule has 2 rings (SSSR count). The minimum Gasteiger partial charge on any atom is -0.493 e. The van der Waals surface area contributed by atoms with Gasteiger partial charge in [-0.2, -0.15) is 4.98 Å². The van der Waals surface area contributed by atoms with E-state index in [1.807, 2.05) is 11.8 Å². The minimum atomic E-state index is -0.284. The van der Waals surface area contributed by atoms with Crippen molar-refractivity contribution >= 4 is 5.95 Å². The van der Waals surface area contributed by atoms with Crippen LogP contribution in [0.2, 0.25) is 0 Å². The summed E-state index contributed by atoms with van der Waals surface area (Å²) in [5, 5.41) is 12.8. The summed E-state index contributed by atoms with van der Waals surface area (Å²) in [4.78, 5) is 20.2. The van der Waals surface area contributed by atoms with E-state index in [0.717, 1.165) is 19.6 Å². The molecule has 1 unspecified atom stereocenters. The molecule has 0 spiro atoms. The minimum absolute atomic E-state index is 0.190. The van der Waals surface area contributed by atoms with Gasteiger partial charge in [0.1, 0.15) is 0 Å². The molecule has 0 aliphatic carbocycles. The molecule has 1 aliphatic heterocycles. The van der Waals surface area contributed by atoms with Crippen LogP contribution in [0, 0.1) is 6.92 Å². The summed E-state index contributed by atoms with van der Waals surface area (Å²) < 4.78 is 0. The highest BCUT2D eigenvalue weighted by molar-refractivity contribution is 5.36. The maximum Gasteiger partial charge on any atom is 0.259 e. The number of hydrogen-bond donors (Lipinski definition) is 3. The quantitative estimate of drug-likeness (QED) is 0.603. The molecular formula is C10H16N4O2. The molecule has 0 amide bonds. The SMILES string of the molecule is Cc1c(O)nc(N2CCNCC2C)[nH]c1=O. The number of piperazine rings is 1. The molecule has 1 aromatic heterocycles. The van der Waals surface area contributed by atoms with Crippen LogP contribution in [0.1, 0.15) is 12.5 Å². The Balaban J connectivity index is 2.36. The van der Waals surface area contributed by atoms with Gasteiger partial charge in [0.25, 0.3) is 5.56 Å². The second-order valence-corrected chi connectivity index (χ2v) is 4.08. The zero-order valence-electron chi connectivity index (χ0n) is 9.45. The Morgan fingerprint density at radius 2 is 2.31 bits per heavy atom. The molecule has 1 aromatic rings. The van der Waals surface area contributed by atoms with Crippen LogP contribution < -0.4 is 15.8 Å². The summed E-state index contributed by atoms with van der Waals surface area (Å²) in [6.45, 7) is 6.06. The van der Waals surface area contributed by atoms with Crippen LogP contribution in [0.3, 0.4) is 0 Å². The third-order valence-electron chi connectivity index (χ3n) is 2.89. The number of rotatable bonds is 1. The standard InChI is InChI=1S/C10H16N4O2/c1-6-5-11-3-4-14(6)10-12-8(15)7(2)9(16)13-10/h6,11H,3-5H2,1-2H3,(H2,12,13,15,16). The third kappa shape index (κ3) is 1.88. The fourth-order valence-corrected chi connectivity index (χ4v) is 1.80. The summed E-state index contributed by atoms with van der Waals surface area (Å²) >= 11 is 0. The second-order valence-electron chi connectivity index (χ2n) is 4.08. The highest BCUT2D eigenvalue weighted by Crippen LogP contribution is 2.15. The third-order valence-corrected chi connectivity index (χ3v) is 2.89.